The molecule has 1 aromatic carbocycles. The van der Waals surface area contributed by atoms with Gasteiger partial charge in [-0.15, -0.1) is 13.2 Å². The van der Waals surface area contributed by atoms with Crippen molar-refractivity contribution in [3.8, 4) is 5.75 Å². The van der Waals surface area contributed by atoms with Gasteiger partial charge in [-0.25, -0.2) is 0 Å². The summed E-state index contributed by atoms with van der Waals surface area (Å²) < 4.78 is 39.7. The van der Waals surface area contributed by atoms with Crippen molar-refractivity contribution in [2.45, 2.75) is 12.9 Å². The number of benzene rings is 1. The standard InChI is InChI=1S/C8H8ClF3N2O/c9-4-1-6(14)5(3-13)7(2-4)15-8(10,11)12/h1-2H,3,13-14H2. The number of ether oxygens (including phenoxy) is 1. The minimum atomic E-state index is -4.79. The Morgan fingerprint density at radius 1 is 1.33 bits per heavy atom. The van der Waals surface area contributed by atoms with E-state index in [2.05, 4.69) is 4.74 Å². The Labute approximate surface area is 88.8 Å². The molecule has 0 fully saturated rings. The van der Waals surface area contributed by atoms with Gasteiger partial charge in [-0.3, -0.25) is 0 Å². The Kier molecular flexibility index (Phi) is 3.31. The van der Waals surface area contributed by atoms with Crippen LogP contribution in [0.5, 0.6) is 5.75 Å². The maximum absolute atomic E-state index is 12.0. The molecule has 0 saturated heterocycles. The molecule has 0 heterocycles. The summed E-state index contributed by atoms with van der Waals surface area (Å²) >= 11 is 5.54. The summed E-state index contributed by atoms with van der Waals surface area (Å²) in [5, 5.41) is 0.0592. The van der Waals surface area contributed by atoms with Crippen LogP contribution in [0.4, 0.5) is 18.9 Å². The topological polar surface area (TPSA) is 61.3 Å². The Balaban J connectivity index is 3.15. The first-order chi connectivity index (χ1) is 6.83. The first-order valence-electron chi connectivity index (χ1n) is 3.87. The summed E-state index contributed by atoms with van der Waals surface area (Å²) in [6.45, 7) is -0.158. The van der Waals surface area contributed by atoms with Crippen molar-refractivity contribution in [2.75, 3.05) is 5.73 Å². The Bertz CT molecular complexity index is 368. The summed E-state index contributed by atoms with van der Waals surface area (Å²) in [4.78, 5) is 0. The molecule has 1 aromatic rings. The van der Waals surface area contributed by atoms with E-state index in [0.717, 1.165) is 6.07 Å². The SMILES string of the molecule is NCc1c(N)cc(Cl)cc1OC(F)(F)F. The molecule has 0 saturated carbocycles. The molecule has 15 heavy (non-hydrogen) atoms. The highest BCUT2D eigenvalue weighted by Crippen LogP contribution is 2.32. The van der Waals surface area contributed by atoms with Crippen LogP contribution in [0, 0.1) is 0 Å². The van der Waals surface area contributed by atoms with Gasteiger partial charge < -0.3 is 16.2 Å². The van der Waals surface area contributed by atoms with Gasteiger partial charge in [-0.2, -0.15) is 0 Å². The van der Waals surface area contributed by atoms with Crippen LogP contribution in [0.15, 0.2) is 12.1 Å². The summed E-state index contributed by atoms with van der Waals surface area (Å²) in [6.07, 6.45) is -4.79. The third kappa shape index (κ3) is 3.17. The Morgan fingerprint density at radius 2 is 1.93 bits per heavy atom. The first-order valence-corrected chi connectivity index (χ1v) is 4.25. The second kappa shape index (κ2) is 4.16. The third-order valence-electron chi connectivity index (χ3n) is 1.64. The number of hydrogen-bond donors (Lipinski definition) is 2. The zero-order chi connectivity index (χ0) is 11.6. The number of nitrogen functional groups attached to an aromatic ring is 1. The number of anilines is 1. The molecular formula is C8H8ClF3N2O. The van der Waals surface area contributed by atoms with Gasteiger partial charge in [-0.05, 0) is 12.1 Å². The highest BCUT2D eigenvalue weighted by Gasteiger charge is 2.32. The van der Waals surface area contributed by atoms with E-state index in [-0.39, 0.29) is 22.8 Å². The average Bonchev–Trinajstić information content (AvgIpc) is 1.99. The van der Waals surface area contributed by atoms with Gasteiger partial charge in [-0.1, -0.05) is 11.6 Å². The van der Waals surface area contributed by atoms with Crippen LogP contribution in [0.2, 0.25) is 5.02 Å². The van der Waals surface area contributed by atoms with Crippen molar-refractivity contribution in [1.29, 1.82) is 0 Å². The minimum absolute atomic E-state index is 0.0592. The Morgan fingerprint density at radius 3 is 2.40 bits per heavy atom. The predicted molar refractivity (Wildman–Crippen MR) is 50.4 cm³/mol. The third-order valence-corrected chi connectivity index (χ3v) is 1.86. The lowest BCUT2D eigenvalue weighted by atomic mass is 10.1. The lowest BCUT2D eigenvalue weighted by Crippen LogP contribution is -2.19. The molecule has 1 rings (SSSR count). The minimum Gasteiger partial charge on any atom is -0.405 e. The Hall–Kier alpha value is -1.14. The van der Waals surface area contributed by atoms with E-state index in [1.54, 1.807) is 0 Å². The fourth-order valence-corrected chi connectivity index (χ4v) is 1.28. The monoisotopic (exact) mass is 240 g/mol. The van der Waals surface area contributed by atoms with E-state index in [4.69, 9.17) is 23.1 Å². The van der Waals surface area contributed by atoms with E-state index in [1.165, 1.54) is 6.07 Å². The molecule has 0 aromatic heterocycles. The van der Waals surface area contributed by atoms with Crippen LogP contribution in [-0.2, 0) is 6.54 Å². The summed E-state index contributed by atoms with van der Waals surface area (Å²) in [7, 11) is 0. The molecule has 0 aliphatic rings. The van der Waals surface area contributed by atoms with Gasteiger partial charge in [0.2, 0.25) is 0 Å². The molecule has 84 valence electrons. The van der Waals surface area contributed by atoms with Crippen LogP contribution in [0.25, 0.3) is 0 Å². The fourth-order valence-electron chi connectivity index (χ4n) is 1.07. The van der Waals surface area contributed by atoms with Crippen molar-refractivity contribution in [3.63, 3.8) is 0 Å². The fraction of sp³-hybridized carbons (Fsp3) is 0.250. The molecule has 3 nitrogen and oxygen atoms in total. The number of nitrogens with two attached hydrogens (primary N) is 2. The zero-order valence-electron chi connectivity index (χ0n) is 7.44. The van der Waals surface area contributed by atoms with Gasteiger partial charge in [0, 0.05) is 22.8 Å². The van der Waals surface area contributed by atoms with Gasteiger partial charge in [0.05, 0.1) is 0 Å². The maximum atomic E-state index is 12.0. The molecule has 0 aliphatic carbocycles. The molecule has 4 N–H and O–H groups in total. The maximum Gasteiger partial charge on any atom is 0.573 e. The molecule has 0 spiro atoms. The predicted octanol–water partition coefficient (Wildman–Crippen LogP) is 2.28. The van der Waals surface area contributed by atoms with Crippen molar-refractivity contribution < 1.29 is 17.9 Å². The van der Waals surface area contributed by atoms with Gasteiger partial charge in [0.15, 0.2) is 0 Å². The molecule has 0 atom stereocenters. The normalized spacial score (nSPS) is 11.5. The summed E-state index contributed by atoms with van der Waals surface area (Å²) in [6, 6.07) is 2.33. The lowest BCUT2D eigenvalue weighted by Gasteiger charge is -2.14. The second-order valence-corrected chi connectivity index (χ2v) is 3.16. The number of halogens is 4. The zero-order valence-corrected chi connectivity index (χ0v) is 8.19. The van der Waals surface area contributed by atoms with Gasteiger partial charge in [0.25, 0.3) is 0 Å². The van der Waals surface area contributed by atoms with E-state index in [1.807, 2.05) is 0 Å². The van der Waals surface area contributed by atoms with E-state index < -0.39 is 12.1 Å². The average molecular weight is 241 g/mol. The summed E-state index contributed by atoms with van der Waals surface area (Å²) in [5.41, 5.74) is 10.8. The number of rotatable bonds is 2. The number of alkyl halides is 3. The van der Waals surface area contributed by atoms with Crippen molar-refractivity contribution in [3.05, 3.63) is 22.7 Å². The second-order valence-electron chi connectivity index (χ2n) is 2.72. The molecule has 0 bridgehead atoms. The van der Waals surface area contributed by atoms with Crippen LogP contribution < -0.4 is 16.2 Å². The quantitative estimate of drug-likeness (QED) is 0.780. The van der Waals surface area contributed by atoms with Crippen molar-refractivity contribution >= 4 is 17.3 Å². The molecule has 0 amide bonds. The lowest BCUT2D eigenvalue weighted by molar-refractivity contribution is -0.274. The van der Waals surface area contributed by atoms with Crippen molar-refractivity contribution in [1.82, 2.24) is 0 Å². The first kappa shape index (κ1) is 11.9. The largest absolute Gasteiger partial charge is 0.573 e. The molecular weight excluding hydrogens is 233 g/mol. The van der Waals surface area contributed by atoms with Crippen LogP contribution in [-0.4, -0.2) is 6.36 Å². The van der Waals surface area contributed by atoms with Gasteiger partial charge in [0.1, 0.15) is 5.75 Å². The molecule has 0 aliphatic heterocycles. The van der Waals surface area contributed by atoms with E-state index in [9.17, 15) is 13.2 Å². The summed E-state index contributed by atoms with van der Waals surface area (Å²) in [5.74, 6) is -0.463. The molecule has 0 unspecified atom stereocenters. The van der Waals surface area contributed by atoms with Gasteiger partial charge >= 0.3 is 6.36 Å². The molecule has 0 radical (unpaired) electrons. The van der Waals surface area contributed by atoms with Crippen molar-refractivity contribution in [2.24, 2.45) is 5.73 Å². The van der Waals surface area contributed by atoms with E-state index in [0.29, 0.717) is 0 Å². The van der Waals surface area contributed by atoms with Crippen LogP contribution >= 0.6 is 11.6 Å². The van der Waals surface area contributed by atoms with E-state index >= 15 is 0 Å². The molecule has 7 heteroatoms. The highest BCUT2D eigenvalue weighted by atomic mass is 35.5. The van der Waals surface area contributed by atoms with Crippen LogP contribution in [0.3, 0.4) is 0 Å². The smallest absolute Gasteiger partial charge is 0.405 e. The number of hydrogen-bond acceptors (Lipinski definition) is 3. The highest BCUT2D eigenvalue weighted by molar-refractivity contribution is 6.31. The van der Waals surface area contributed by atoms with Crippen LogP contribution in [0.1, 0.15) is 5.56 Å².